The van der Waals surface area contributed by atoms with Crippen molar-refractivity contribution in [3.05, 3.63) is 90.2 Å². The van der Waals surface area contributed by atoms with Crippen molar-refractivity contribution < 1.29 is 18.7 Å². The Hall–Kier alpha value is -4.00. The summed E-state index contributed by atoms with van der Waals surface area (Å²) in [6.45, 7) is 0. The highest BCUT2D eigenvalue weighted by Gasteiger charge is 2.57. The van der Waals surface area contributed by atoms with Crippen LogP contribution >= 0.6 is 0 Å². The molecule has 154 valence electrons. The van der Waals surface area contributed by atoms with Gasteiger partial charge >= 0.3 is 0 Å². The van der Waals surface area contributed by atoms with Crippen LogP contribution in [-0.2, 0) is 9.59 Å². The molecule has 0 aromatic heterocycles. The molecule has 0 unspecified atom stereocenters. The second kappa shape index (κ2) is 7.36. The number of hydrazone groups is 1. The van der Waals surface area contributed by atoms with Crippen LogP contribution in [0.2, 0.25) is 0 Å². The van der Waals surface area contributed by atoms with Crippen molar-refractivity contribution in [3.63, 3.8) is 0 Å². The van der Waals surface area contributed by atoms with E-state index in [0.717, 1.165) is 4.90 Å². The zero-order chi connectivity index (χ0) is 21.5. The van der Waals surface area contributed by atoms with Crippen molar-refractivity contribution in [1.29, 1.82) is 0 Å². The zero-order valence-corrected chi connectivity index (χ0v) is 16.6. The largest absolute Gasteiger partial charge is 0.497 e. The van der Waals surface area contributed by atoms with Crippen LogP contribution < -0.4 is 14.6 Å². The smallest absolute Gasteiger partial charge is 0.260 e. The summed E-state index contributed by atoms with van der Waals surface area (Å²) >= 11 is 0. The number of halogens is 1. The summed E-state index contributed by atoms with van der Waals surface area (Å²) in [5.41, 5.74) is 1.80. The van der Waals surface area contributed by atoms with Gasteiger partial charge < -0.3 is 4.74 Å². The Labute approximate surface area is 178 Å². The van der Waals surface area contributed by atoms with E-state index in [1.54, 1.807) is 42.5 Å². The second-order valence-corrected chi connectivity index (χ2v) is 7.28. The number of anilines is 2. The van der Waals surface area contributed by atoms with Crippen LogP contribution in [0.1, 0.15) is 5.56 Å². The third kappa shape index (κ3) is 2.97. The van der Waals surface area contributed by atoms with Gasteiger partial charge in [0.1, 0.15) is 23.5 Å². The number of para-hydroxylation sites is 2. The van der Waals surface area contributed by atoms with Crippen molar-refractivity contribution >= 4 is 28.9 Å². The maximum Gasteiger partial charge on any atom is 0.260 e. The molecule has 7 heteroatoms. The number of rotatable bonds is 4. The monoisotopic (exact) mass is 415 g/mol. The average Bonchev–Trinajstić information content (AvgIpc) is 3.32. The Bertz CT molecular complexity index is 1190. The fourth-order valence-corrected chi connectivity index (χ4v) is 4.08. The Morgan fingerprint density at radius 1 is 0.871 bits per heavy atom. The topological polar surface area (TPSA) is 62.2 Å². The highest BCUT2D eigenvalue weighted by molar-refractivity contribution is 6.34. The van der Waals surface area contributed by atoms with Crippen molar-refractivity contribution in [2.75, 3.05) is 17.0 Å². The van der Waals surface area contributed by atoms with Crippen LogP contribution in [0.3, 0.4) is 0 Å². The van der Waals surface area contributed by atoms with Gasteiger partial charge in [-0.2, -0.15) is 5.10 Å². The highest BCUT2D eigenvalue weighted by Crippen LogP contribution is 2.39. The molecule has 3 aromatic carbocycles. The Morgan fingerprint density at radius 2 is 1.55 bits per heavy atom. The number of methoxy groups -OCH3 is 1. The van der Waals surface area contributed by atoms with E-state index in [2.05, 4.69) is 5.10 Å². The predicted molar refractivity (Wildman–Crippen MR) is 115 cm³/mol. The van der Waals surface area contributed by atoms with Crippen molar-refractivity contribution in [2.45, 2.75) is 6.04 Å². The van der Waals surface area contributed by atoms with Crippen LogP contribution in [0.5, 0.6) is 5.75 Å². The molecule has 0 aliphatic carbocycles. The minimum Gasteiger partial charge on any atom is -0.497 e. The molecule has 2 amide bonds. The van der Waals surface area contributed by atoms with E-state index in [0.29, 0.717) is 22.7 Å². The quantitative estimate of drug-likeness (QED) is 0.611. The van der Waals surface area contributed by atoms with Gasteiger partial charge in [0.25, 0.3) is 5.91 Å². The standard InChI is InChI=1S/C24H18FN3O3/c1-31-17-13-11-15(12-14-17)21-20-22(28(26-21)16-7-3-2-4-8-16)24(30)27(23(20)29)19-10-6-5-9-18(19)25/h2-14,20,22H,1H3/t20-,22-/m1/s1. The minimum atomic E-state index is -0.883. The second-order valence-electron chi connectivity index (χ2n) is 7.28. The number of benzene rings is 3. The molecule has 31 heavy (non-hydrogen) atoms. The van der Waals surface area contributed by atoms with E-state index in [-0.39, 0.29) is 5.69 Å². The van der Waals surface area contributed by atoms with E-state index in [9.17, 15) is 14.0 Å². The van der Waals surface area contributed by atoms with Crippen LogP contribution in [0.15, 0.2) is 84.0 Å². The minimum absolute atomic E-state index is 0.0472. The maximum atomic E-state index is 14.5. The van der Waals surface area contributed by atoms with Gasteiger partial charge in [0.05, 0.1) is 24.2 Å². The first kappa shape index (κ1) is 19.0. The summed E-state index contributed by atoms with van der Waals surface area (Å²) in [6.07, 6.45) is 0. The Balaban J connectivity index is 1.63. The fraction of sp³-hybridized carbons (Fsp3) is 0.125. The van der Waals surface area contributed by atoms with Gasteiger partial charge in [-0.1, -0.05) is 30.3 Å². The molecular formula is C24H18FN3O3. The third-order valence-electron chi connectivity index (χ3n) is 5.55. The molecular weight excluding hydrogens is 397 g/mol. The number of amides is 2. The van der Waals surface area contributed by atoms with Crippen LogP contribution in [0.4, 0.5) is 15.8 Å². The first-order valence-electron chi connectivity index (χ1n) is 9.79. The van der Waals surface area contributed by atoms with Crippen LogP contribution in [0.25, 0.3) is 0 Å². The third-order valence-corrected chi connectivity index (χ3v) is 5.55. The molecule has 2 atom stereocenters. The summed E-state index contributed by atoms with van der Waals surface area (Å²) in [5, 5.41) is 6.23. The fourth-order valence-electron chi connectivity index (χ4n) is 4.08. The number of carbonyl (C=O) groups excluding carboxylic acids is 2. The highest BCUT2D eigenvalue weighted by atomic mass is 19.1. The Morgan fingerprint density at radius 3 is 2.23 bits per heavy atom. The molecule has 2 aliphatic rings. The normalized spacial score (nSPS) is 20.1. The summed E-state index contributed by atoms with van der Waals surface area (Å²) in [6, 6.07) is 21.2. The van der Waals surface area contributed by atoms with E-state index in [4.69, 9.17) is 4.74 Å². The number of fused-ring (bicyclic) bond motifs is 1. The Kier molecular flexibility index (Phi) is 4.51. The lowest BCUT2D eigenvalue weighted by Gasteiger charge is -2.22. The van der Waals surface area contributed by atoms with Crippen molar-refractivity contribution in [1.82, 2.24) is 0 Å². The summed E-state index contributed by atoms with van der Waals surface area (Å²) < 4.78 is 19.7. The van der Waals surface area contributed by atoms with E-state index >= 15 is 0 Å². The number of nitrogens with zero attached hydrogens (tertiary/aromatic N) is 3. The molecule has 0 spiro atoms. The van der Waals surface area contributed by atoms with Gasteiger partial charge in [-0.15, -0.1) is 0 Å². The lowest BCUT2D eigenvalue weighted by molar-refractivity contribution is -0.121. The van der Waals surface area contributed by atoms with E-state index in [1.165, 1.54) is 18.2 Å². The first-order chi connectivity index (χ1) is 15.1. The lowest BCUT2D eigenvalue weighted by atomic mass is 9.92. The number of ether oxygens (including phenoxy) is 1. The predicted octanol–water partition coefficient (Wildman–Crippen LogP) is 3.62. The molecule has 5 rings (SSSR count). The molecule has 2 aliphatic heterocycles. The number of hydrogen-bond donors (Lipinski definition) is 0. The summed E-state index contributed by atoms with van der Waals surface area (Å²) in [7, 11) is 1.57. The van der Waals surface area contributed by atoms with Crippen LogP contribution in [-0.4, -0.2) is 30.7 Å². The molecule has 1 fully saturated rings. The van der Waals surface area contributed by atoms with Gasteiger partial charge in [0.15, 0.2) is 0 Å². The zero-order valence-electron chi connectivity index (χ0n) is 16.6. The molecule has 0 bridgehead atoms. The maximum absolute atomic E-state index is 14.5. The molecule has 6 nitrogen and oxygen atoms in total. The van der Waals surface area contributed by atoms with Gasteiger partial charge in [-0.25, -0.2) is 9.29 Å². The van der Waals surface area contributed by atoms with Gasteiger partial charge in [0, 0.05) is 0 Å². The molecule has 0 saturated carbocycles. The van der Waals surface area contributed by atoms with Gasteiger partial charge in [-0.05, 0) is 54.1 Å². The van der Waals surface area contributed by atoms with Gasteiger partial charge in [0.2, 0.25) is 5.91 Å². The van der Waals surface area contributed by atoms with Gasteiger partial charge in [-0.3, -0.25) is 14.6 Å². The molecule has 0 radical (unpaired) electrons. The molecule has 1 saturated heterocycles. The summed E-state index contributed by atoms with van der Waals surface area (Å²) in [5.74, 6) is -1.80. The van der Waals surface area contributed by atoms with Crippen LogP contribution in [0, 0.1) is 11.7 Å². The lowest BCUT2D eigenvalue weighted by Crippen LogP contribution is -2.39. The SMILES string of the molecule is COc1ccc(C2=NN(c3ccccc3)[C@H]3C(=O)N(c4ccccc4F)C(=O)[C@H]23)cc1. The number of carbonyl (C=O) groups is 2. The van der Waals surface area contributed by atoms with E-state index in [1.807, 2.05) is 30.3 Å². The van der Waals surface area contributed by atoms with Crippen molar-refractivity contribution in [2.24, 2.45) is 11.0 Å². The number of imide groups is 1. The summed E-state index contributed by atoms with van der Waals surface area (Å²) in [4.78, 5) is 27.8. The molecule has 3 aromatic rings. The number of hydrogen-bond acceptors (Lipinski definition) is 5. The average molecular weight is 415 g/mol. The van der Waals surface area contributed by atoms with Crippen molar-refractivity contribution in [3.8, 4) is 5.75 Å². The van der Waals surface area contributed by atoms with E-state index < -0.39 is 29.6 Å². The first-order valence-corrected chi connectivity index (χ1v) is 9.79. The molecule has 2 heterocycles. The molecule has 0 N–H and O–H groups in total.